The third-order valence-corrected chi connectivity index (χ3v) is 3.56. The van der Waals surface area contributed by atoms with Crippen molar-refractivity contribution in [3.63, 3.8) is 0 Å². The zero-order valence-corrected chi connectivity index (χ0v) is 12.0. The maximum Gasteiger partial charge on any atom is 0.159 e. The van der Waals surface area contributed by atoms with E-state index in [2.05, 4.69) is 21.2 Å². The van der Waals surface area contributed by atoms with Gasteiger partial charge in [0.25, 0.3) is 0 Å². The standard InChI is InChI=1S/C15H13BrFNO/c1-10(19)11-2-5-14(6-3-11)18-9-12-8-13(17)4-7-15(12)16/h2-8,18H,9H2,1H3. The second-order valence-corrected chi connectivity index (χ2v) is 5.08. The lowest BCUT2D eigenvalue weighted by Gasteiger charge is -2.09. The monoisotopic (exact) mass is 321 g/mol. The van der Waals surface area contributed by atoms with Gasteiger partial charge in [-0.25, -0.2) is 4.39 Å². The van der Waals surface area contributed by atoms with Gasteiger partial charge in [0.05, 0.1) is 0 Å². The van der Waals surface area contributed by atoms with Crippen molar-refractivity contribution < 1.29 is 9.18 Å². The van der Waals surface area contributed by atoms with E-state index in [1.165, 1.54) is 19.1 Å². The number of rotatable bonds is 4. The molecule has 1 N–H and O–H groups in total. The summed E-state index contributed by atoms with van der Waals surface area (Å²) < 4.78 is 14.0. The molecule has 0 aliphatic carbocycles. The summed E-state index contributed by atoms with van der Waals surface area (Å²) in [7, 11) is 0. The largest absolute Gasteiger partial charge is 0.381 e. The number of carbonyl (C=O) groups is 1. The van der Waals surface area contributed by atoms with E-state index in [1.54, 1.807) is 18.2 Å². The van der Waals surface area contributed by atoms with Gasteiger partial charge in [-0.15, -0.1) is 0 Å². The number of nitrogens with one attached hydrogen (secondary N) is 1. The molecule has 2 rings (SSSR count). The van der Waals surface area contributed by atoms with E-state index in [-0.39, 0.29) is 11.6 Å². The number of halogens is 2. The molecule has 0 aliphatic heterocycles. The van der Waals surface area contributed by atoms with Crippen LogP contribution in [-0.4, -0.2) is 5.78 Å². The van der Waals surface area contributed by atoms with E-state index in [0.717, 1.165) is 15.7 Å². The van der Waals surface area contributed by atoms with Crippen molar-refractivity contribution in [2.75, 3.05) is 5.32 Å². The van der Waals surface area contributed by atoms with Gasteiger partial charge in [0, 0.05) is 22.3 Å². The third-order valence-electron chi connectivity index (χ3n) is 2.78. The van der Waals surface area contributed by atoms with Crippen molar-refractivity contribution in [3.05, 3.63) is 63.9 Å². The minimum atomic E-state index is -0.257. The third kappa shape index (κ3) is 3.64. The molecule has 2 aromatic carbocycles. The molecule has 0 bridgehead atoms. The molecule has 0 heterocycles. The van der Waals surface area contributed by atoms with E-state index < -0.39 is 0 Å². The first-order chi connectivity index (χ1) is 9.06. The summed E-state index contributed by atoms with van der Waals surface area (Å²) in [6.45, 7) is 2.05. The molecule has 98 valence electrons. The lowest BCUT2D eigenvalue weighted by Crippen LogP contribution is -2.01. The number of hydrogen-bond acceptors (Lipinski definition) is 2. The summed E-state index contributed by atoms with van der Waals surface area (Å²) in [5.41, 5.74) is 2.41. The number of ketones is 1. The summed E-state index contributed by atoms with van der Waals surface area (Å²) in [4.78, 5) is 11.1. The summed E-state index contributed by atoms with van der Waals surface area (Å²) >= 11 is 3.38. The van der Waals surface area contributed by atoms with Gasteiger partial charge < -0.3 is 5.32 Å². The zero-order valence-electron chi connectivity index (χ0n) is 10.4. The van der Waals surface area contributed by atoms with E-state index >= 15 is 0 Å². The van der Waals surface area contributed by atoms with Crippen LogP contribution >= 0.6 is 15.9 Å². The first-order valence-corrected chi connectivity index (χ1v) is 6.64. The quantitative estimate of drug-likeness (QED) is 0.845. The van der Waals surface area contributed by atoms with Crippen LogP contribution < -0.4 is 5.32 Å². The van der Waals surface area contributed by atoms with Gasteiger partial charge >= 0.3 is 0 Å². The molecular formula is C15H13BrFNO. The van der Waals surface area contributed by atoms with Crippen LogP contribution in [0.15, 0.2) is 46.9 Å². The lowest BCUT2D eigenvalue weighted by molar-refractivity contribution is 0.101. The second-order valence-electron chi connectivity index (χ2n) is 4.22. The van der Waals surface area contributed by atoms with Crippen LogP contribution in [0.4, 0.5) is 10.1 Å². The smallest absolute Gasteiger partial charge is 0.159 e. The Hall–Kier alpha value is -1.68. The van der Waals surface area contributed by atoms with Crippen molar-refractivity contribution in [1.82, 2.24) is 0 Å². The Morgan fingerprint density at radius 3 is 2.53 bits per heavy atom. The molecule has 0 amide bonds. The number of benzene rings is 2. The molecule has 0 aliphatic rings. The maximum atomic E-state index is 13.1. The number of carbonyl (C=O) groups excluding carboxylic acids is 1. The van der Waals surface area contributed by atoms with E-state index in [0.29, 0.717) is 12.1 Å². The van der Waals surface area contributed by atoms with E-state index in [4.69, 9.17) is 0 Å². The fourth-order valence-electron chi connectivity index (χ4n) is 1.70. The van der Waals surface area contributed by atoms with Gasteiger partial charge in [-0.05, 0) is 55.0 Å². The van der Waals surface area contributed by atoms with Crippen LogP contribution in [0.2, 0.25) is 0 Å². The molecule has 0 atom stereocenters. The second kappa shape index (κ2) is 5.97. The lowest BCUT2D eigenvalue weighted by atomic mass is 10.1. The fraction of sp³-hybridized carbons (Fsp3) is 0.133. The zero-order chi connectivity index (χ0) is 13.8. The Labute approximate surface area is 119 Å². The Morgan fingerprint density at radius 1 is 1.21 bits per heavy atom. The average Bonchev–Trinajstić information content (AvgIpc) is 2.40. The number of anilines is 1. The van der Waals surface area contributed by atoms with Crippen molar-refractivity contribution in [1.29, 1.82) is 0 Å². The van der Waals surface area contributed by atoms with E-state index in [1.807, 2.05) is 12.1 Å². The van der Waals surface area contributed by atoms with Crippen LogP contribution in [0.1, 0.15) is 22.8 Å². The van der Waals surface area contributed by atoms with Gasteiger partial charge in [0.1, 0.15) is 5.82 Å². The van der Waals surface area contributed by atoms with E-state index in [9.17, 15) is 9.18 Å². The number of Topliss-reactive ketones (excluding diaryl/α,β-unsaturated/α-hetero) is 1. The van der Waals surface area contributed by atoms with Crippen LogP contribution in [-0.2, 0) is 6.54 Å². The molecule has 0 saturated carbocycles. The van der Waals surface area contributed by atoms with Gasteiger partial charge in [-0.3, -0.25) is 4.79 Å². The molecular weight excluding hydrogens is 309 g/mol. The first-order valence-electron chi connectivity index (χ1n) is 5.85. The van der Waals surface area contributed by atoms with Gasteiger partial charge in [-0.2, -0.15) is 0 Å². The molecule has 0 unspecified atom stereocenters. The molecule has 0 saturated heterocycles. The van der Waals surface area contributed by atoms with Gasteiger partial charge in [-0.1, -0.05) is 15.9 Å². The molecule has 4 heteroatoms. The fourth-order valence-corrected chi connectivity index (χ4v) is 2.09. The highest BCUT2D eigenvalue weighted by Crippen LogP contribution is 2.19. The highest BCUT2D eigenvalue weighted by atomic mass is 79.9. The van der Waals surface area contributed by atoms with Crippen molar-refractivity contribution in [3.8, 4) is 0 Å². The predicted molar refractivity (Wildman–Crippen MR) is 77.9 cm³/mol. The maximum absolute atomic E-state index is 13.1. The van der Waals surface area contributed by atoms with Crippen LogP contribution in [0.5, 0.6) is 0 Å². The van der Waals surface area contributed by atoms with Crippen molar-refractivity contribution in [2.24, 2.45) is 0 Å². The van der Waals surface area contributed by atoms with Crippen LogP contribution in [0.25, 0.3) is 0 Å². The van der Waals surface area contributed by atoms with Crippen molar-refractivity contribution in [2.45, 2.75) is 13.5 Å². The minimum Gasteiger partial charge on any atom is -0.381 e. The highest BCUT2D eigenvalue weighted by Gasteiger charge is 2.03. The van der Waals surface area contributed by atoms with Gasteiger partial charge in [0.2, 0.25) is 0 Å². The van der Waals surface area contributed by atoms with Crippen LogP contribution in [0, 0.1) is 5.82 Å². The molecule has 0 spiro atoms. The molecule has 0 fully saturated rings. The molecule has 2 aromatic rings. The Morgan fingerprint density at radius 2 is 1.89 bits per heavy atom. The SMILES string of the molecule is CC(=O)c1ccc(NCc2cc(F)ccc2Br)cc1. The summed E-state index contributed by atoms with van der Waals surface area (Å²) in [6, 6.07) is 11.8. The Bertz CT molecular complexity index is 596. The minimum absolute atomic E-state index is 0.0411. The molecule has 2 nitrogen and oxygen atoms in total. The summed E-state index contributed by atoms with van der Waals surface area (Å²) in [5.74, 6) is -0.216. The first kappa shape index (κ1) is 13.7. The average molecular weight is 322 g/mol. The molecule has 0 aromatic heterocycles. The molecule has 19 heavy (non-hydrogen) atoms. The topological polar surface area (TPSA) is 29.1 Å². The molecule has 0 radical (unpaired) electrons. The Balaban J connectivity index is 2.06. The normalized spacial score (nSPS) is 10.3. The van der Waals surface area contributed by atoms with Gasteiger partial charge in [0.15, 0.2) is 5.78 Å². The Kier molecular flexibility index (Phi) is 4.32. The predicted octanol–water partition coefficient (Wildman–Crippen LogP) is 4.40. The van der Waals surface area contributed by atoms with Crippen LogP contribution in [0.3, 0.4) is 0 Å². The summed E-state index contributed by atoms with van der Waals surface area (Å²) in [6.07, 6.45) is 0. The number of hydrogen-bond donors (Lipinski definition) is 1. The van der Waals surface area contributed by atoms with Crippen molar-refractivity contribution >= 4 is 27.4 Å². The highest BCUT2D eigenvalue weighted by molar-refractivity contribution is 9.10. The summed E-state index contributed by atoms with van der Waals surface area (Å²) in [5, 5.41) is 3.19.